The van der Waals surface area contributed by atoms with Crippen molar-refractivity contribution in [3.05, 3.63) is 29.8 Å². The van der Waals surface area contributed by atoms with Crippen LogP contribution in [0.1, 0.15) is 19.4 Å². The van der Waals surface area contributed by atoms with Crippen molar-refractivity contribution in [2.75, 3.05) is 64.4 Å². The molecule has 2 atom stereocenters. The molecule has 0 aromatic heterocycles. The van der Waals surface area contributed by atoms with Crippen molar-refractivity contribution >= 4 is 29.4 Å². The molecule has 2 saturated heterocycles. The first-order chi connectivity index (χ1) is 16.0. The van der Waals surface area contributed by atoms with Crippen LogP contribution < -0.4 is 4.90 Å². The third-order valence-corrected chi connectivity index (χ3v) is 7.03. The second-order valence-electron chi connectivity index (χ2n) is 9.35. The highest BCUT2D eigenvalue weighted by molar-refractivity contribution is 6.24. The largest absolute Gasteiger partial charge is 0.397 e. The number of morpholine rings is 1. The number of benzene rings is 1. The lowest BCUT2D eigenvalue weighted by Gasteiger charge is -2.36. The van der Waals surface area contributed by atoms with E-state index in [1.54, 1.807) is 11.9 Å². The molecule has 0 N–H and O–H groups in total. The molecule has 33 heavy (non-hydrogen) atoms. The van der Waals surface area contributed by atoms with Crippen LogP contribution in [0.15, 0.2) is 29.3 Å². The Bertz CT molecular complexity index is 998. The molecule has 4 heterocycles. The number of anilines is 1. The lowest BCUT2D eigenvalue weighted by atomic mass is 10.1. The molecule has 0 spiro atoms. The number of hydrogen-bond donors (Lipinski definition) is 0. The molecule has 0 aliphatic carbocycles. The average molecular weight is 454 g/mol. The van der Waals surface area contributed by atoms with Crippen LogP contribution in [0.5, 0.6) is 0 Å². The molecule has 1 aromatic rings. The van der Waals surface area contributed by atoms with Crippen LogP contribution in [0.2, 0.25) is 0 Å². The molecule has 2 fully saturated rings. The number of rotatable bonds is 5. The number of urea groups is 1. The Morgan fingerprint density at radius 3 is 2.55 bits per heavy atom. The van der Waals surface area contributed by atoms with Gasteiger partial charge in [-0.05, 0) is 24.1 Å². The van der Waals surface area contributed by atoms with Crippen LogP contribution in [0.3, 0.4) is 0 Å². The van der Waals surface area contributed by atoms with Crippen molar-refractivity contribution in [1.82, 2.24) is 14.7 Å². The summed E-state index contributed by atoms with van der Waals surface area (Å²) in [6.07, 6.45) is 0.992. The highest BCUT2D eigenvalue weighted by atomic mass is 16.5. The zero-order valence-electron chi connectivity index (χ0n) is 19.7. The summed E-state index contributed by atoms with van der Waals surface area (Å²) in [4.78, 5) is 38.9. The smallest absolute Gasteiger partial charge is 0.379 e. The first kappa shape index (κ1) is 22.0. The van der Waals surface area contributed by atoms with Crippen molar-refractivity contribution in [1.29, 1.82) is 0 Å². The Labute approximate surface area is 194 Å². The van der Waals surface area contributed by atoms with Crippen molar-refractivity contribution in [3.63, 3.8) is 0 Å². The van der Waals surface area contributed by atoms with Gasteiger partial charge in [-0.2, -0.15) is 0 Å². The highest BCUT2D eigenvalue weighted by Gasteiger charge is 2.55. The zero-order valence-corrected chi connectivity index (χ0v) is 19.7. The number of amidine groups is 1. The molecule has 0 saturated carbocycles. The van der Waals surface area contributed by atoms with Crippen LogP contribution in [-0.4, -0.2) is 109 Å². The van der Waals surface area contributed by atoms with E-state index in [9.17, 15) is 9.59 Å². The fourth-order valence-corrected chi connectivity index (χ4v) is 5.10. The predicted molar refractivity (Wildman–Crippen MR) is 126 cm³/mol. The van der Waals surface area contributed by atoms with Gasteiger partial charge in [0.15, 0.2) is 0 Å². The monoisotopic (exact) mass is 453 g/mol. The summed E-state index contributed by atoms with van der Waals surface area (Å²) in [7, 11) is 1.73. The van der Waals surface area contributed by atoms with Crippen LogP contribution >= 0.6 is 0 Å². The van der Waals surface area contributed by atoms with E-state index in [1.807, 2.05) is 0 Å². The molecule has 2 unspecified atom stereocenters. The number of ether oxygens (including phenoxy) is 1. The first-order valence-electron chi connectivity index (χ1n) is 12.0. The number of guanidine groups is 1. The minimum Gasteiger partial charge on any atom is -0.379 e. The fraction of sp³-hybridized carbons (Fsp3) is 0.583. The van der Waals surface area contributed by atoms with E-state index in [2.05, 4.69) is 52.5 Å². The fourth-order valence-electron chi connectivity index (χ4n) is 5.10. The van der Waals surface area contributed by atoms with E-state index in [0.29, 0.717) is 38.1 Å². The van der Waals surface area contributed by atoms with Gasteiger partial charge in [-0.25, -0.2) is 14.3 Å². The number of amides is 3. The van der Waals surface area contributed by atoms with E-state index in [1.165, 1.54) is 10.5 Å². The van der Waals surface area contributed by atoms with Crippen LogP contribution in [0.4, 0.5) is 10.5 Å². The maximum Gasteiger partial charge on any atom is 0.397 e. The van der Waals surface area contributed by atoms with Gasteiger partial charge in [0.05, 0.1) is 26.3 Å². The normalized spacial score (nSPS) is 26.0. The summed E-state index contributed by atoms with van der Waals surface area (Å²) in [6, 6.07) is 7.68. The molecule has 5 rings (SSSR count). The Hall–Kier alpha value is -2.78. The molecule has 1 aromatic carbocycles. The summed E-state index contributed by atoms with van der Waals surface area (Å²) in [5.41, 5.74) is 2.35. The van der Waals surface area contributed by atoms with E-state index in [4.69, 9.17) is 9.73 Å². The SMILES string of the molecule is CCc1ccc(N2CC(C)C[N+]3=C2N=C2C3C(=O)N(CCN3CCOCC3)C(=O)N2C)cc1. The second kappa shape index (κ2) is 8.87. The molecule has 9 heteroatoms. The number of hydrogen-bond acceptors (Lipinski definition) is 6. The minimum atomic E-state index is -0.549. The van der Waals surface area contributed by atoms with E-state index in [-0.39, 0.29) is 11.9 Å². The van der Waals surface area contributed by atoms with Crippen molar-refractivity contribution in [3.8, 4) is 0 Å². The summed E-state index contributed by atoms with van der Waals surface area (Å²) >= 11 is 0. The van der Waals surface area contributed by atoms with Crippen molar-refractivity contribution < 1.29 is 18.9 Å². The summed E-state index contributed by atoms with van der Waals surface area (Å²) in [6.45, 7) is 10.00. The summed E-state index contributed by atoms with van der Waals surface area (Å²) in [5.74, 6) is 1.48. The van der Waals surface area contributed by atoms with E-state index < -0.39 is 6.04 Å². The first-order valence-corrected chi connectivity index (χ1v) is 12.0. The molecule has 0 bridgehead atoms. The summed E-state index contributed by atoms with van der Waals surface area (Å²) in [5, 5.41) is 0. The van der Waals surface area contributed by atoms with Crippen LogP contribution in [-0.2, 0) is 16.0 Å². The Balaban J connectivity index is 1.42. The number of aliphatic imine (C=N–C) groups is 1. The van der Waals surface area contributed by atoms with Gasteiger partial charge in [-0.1, -0.05) is 31.0 Å². The number of carbonyl (C=O) groups is 2. The van der Waals surface area contributed by atoms with Gasteiger partial charge >= 0.3 is 12.0 Å². The molecule has 9 nitrogen and oxygen atoms in total. The standard InChI is InChI=1S/C24H33N6O3/c1-4-18-5-7-19(8-6-18)29-15-17(2)16-30-20-21(25-23(29)30)26(3)24(32)28(22(20)31)10-9-27-11-13-33-14-12-27/h5-8,17,20H,4,9-16H2,1-3H3/q+1. The lowest BCUT2D eigenvalue weighted by molar-refractivity contribution is -0.545. The second-order valence-corrected chi connectivity index (χ2v) is 9.35. The average Bonchev–Trinajstić information content (AvgIpc) is 3.22. The van der Waals surface area contributed by atoms with E-state index >= 15 is 0 Å². The van der Waals surface area contributed by atoms with Crippen molar-refractivity contribution in [2.24, 2.45) is 10.9 Å². The van der Waals surface area contributed by atoms with Gasteiger partial charge in [-0.3, -0.25) is 19.5 Å². The maximum absolute atomic E-state index is 13.6. The molecule has 4 aliphatic rings. The molecule has 0 radical (unpaired) electrons. The zero-order chi connectivity index (χ0) is 23.1. The number of imide groups is 1. The minimum absolute atomic E-state index is 0.171. The van der Waals surface area contributed by atoms with Gasteiger partial charge < -0.3 is 4.74 Å². The van der Waals surface area contributed by atoms with Crippen LogP contribution in [0.25, 0.3) is 0 Å². The van der Waals surface area contributed by atoms with Gasteiger partial charge in [0.2, 0.25) is 11.9 Å². The number of carbonyl (C=O) groups excluding carboxylic acids is 2. The predicted octanol–water partition coefficient (Wildman–Crippen LogP) is 1.08. The van der Waals surface area contributed by atoms with Gasteiger partial charge in [-0.15, -0.1) is 0 Å². The molecular weight excluding hydrogens is 420 g/mol. The van der Waals surface area contributed by atoms with Gasteiger partial charge in [0, 0.05) is 39.1 Å². The van der Waals surface area contributed by atoms with Gasteiger partial charge in [0.25, 0.3) is 5.91 Å². The number of fused-ring (bicyclic) bond motifs is 2. The number of aryl methyl sites for hydroxylation is 1. The Morgan fingerprint density at radius 2 is 1.85 bits per heavy atom. The molecule has 3 amide bonds. The summed E-state index contributed by atoms with van der Waals surface area (Å²) < 4.78 is 7.50. The Kier molecular flexibility index (Phi) is 5.92. The van der Waals surface area contributed by atoms with E-state index in [0.717, 1.165) is 44.2 Å². The molecule has 176 valence electrons. The number of likely N-dealkylation sites (N-methyl/N-ethyl adjacent to an activating group) is 1. The highest BCUT2D eigenvalue weighted by Crippen LogP contribution is 2.28. The third kappa shape index (κ3) is 3.93. The van der Waals surface area contributed by atoms with Crippen molar-refractivity contribution in [2.45, 2.75) is 26.3 Å². The molecular formula is C24H33N6O3+. The molecule has 4 aliphatic heterocycles. The van der Waals surface area contributed by atoms with Crippen LogP contribution in [0, 0.1) is 5.92 Å². The maximum atomic E-state index is 13.6. The lowest BCUT2D eigenvalue weighted by Crippen LogP contribution is -2.64. The number of nitrogens with zero attached hydrogens (tertiary/aromatic N) is 6. The van der Waals surface area contributed by atoms with Gasteiger partial charge in [0.1, 0.15) is 5.69 Å². The quantitative estimate of drug-likeness (QED) is 0.624. The third-order valence-electron chi connectivity index (χ3n) is 7.03. The topological polar surface area (TPSA) is 71.7 Å². The Morgan fingerprint density at radius 1 is 1.12 bits per heavy atom.